The normalized spacial score (nSPS) is 10.9. The third-order valence-corrected chi connectivity index (χ3v) is 4.76. The van der Waals surface area contributed by atoms with Gasteiger partial charge < -0.3 is 15.2 Å². The van der Waals surface area contributed by atoms with Crippen molar-refractivity contribution in [3.63, 3.8) is 0 Å². The van der Waals surface area contributed by atoms with E-state index < -0.39 is 11.8 Å². The molecule has 0 spiro atoms. The van der Waals surface area contributed by atoms with Gasteiger partial charge in [-0.2, -0.15) is 0 Å². The average Bonchev–Trinajstić information content (AvgIpc) is 3.05. The van der Waals surface area contributed by atoms with Gasteiger partial charge in [-0.25, -0.2) is 0 Å². The quantitative estimate of drug-likeness (QED) is 0.539. The first-order chi connectivity index (χ1) is 13.7. The summed E-state index contributed by atoms with van der Waals surface area (Å²) in [5.74, 6) is -1.36. The maximum absolute atomic E-state index is 12.3. The van der Waals surface area contributed by atoms with Crippen LogP contribution in [0.2, 0.25) is 0 Å². The number of hydrogen-bond acceptors (Lipinski definition) is 3. The number of fused-ring (bicyclic) bond motifs is 3. The predicted octanol–water partition coefficient (Wildman–Crippen LogP) is 3.46. The summed E-state index contributed by atoms with van der Waals surface area (Å²) in [6.07, 6.45) is 3.28. The summed E-state index contributed by atoms with van der Waals surface area (Å²) < 4.78 is 2.23. The van der Waals surface area contributed by atoms with Crippen LogP contribution < -0.4 is 10.6 Å². The first-order valence-electron chi connectivity index (χ1n) is 9.16. The fourth-order valence-corrected chi connectivity index (χ4v) is 3.42. The van der Waals surface area contributed by atoms with Crippen LogP contribution in [0.5, 0.6) is 0 Å². The van der Waals surface area contributed by atoms with Crippen molar-refractivity contribution in [1.82, 2.24) is 14.9 Å². The molecule has 2 heterocycles. The summed E-state index contributed by atoms with van der Waals surface area (Å²) in [7, 11) is 0. The number of carbonyl (C=O) groups excluding carboxylic acids is 2. The molecule has 0 unspecified atom stereocenters. The van der Waals surface area contributed by atoms with Crippen molar-refractivity contribution in [2.45, 2.75) is 20.0 Å². The van der Waals surface area contributed by atoms with Gasteiger partial charge in [0.25, 0.3) is 0 Å². The van der Waals surface area contributed by atoms with E-state index in [1.807, 2.05) is 30.3 Å². The van der Waals surface area contributed by atoms with E-state index >= 15 is 0 Å². The highest BCUT2D eigenvalue weighted by Gasteiger charge is 2.15. The van der Waals surface area contributed by atoms with Crippen LogP contribution in [0.25, 0.3) is 21.8 Å². The van der Waals surface area contributed by atoms with Crippen LogP contribution in [0.15, 0.2) is 67.0 Å². The van der Waals surface area contributed by atoms with Crippen molar-refractivity contribution in [3.8, 4) is 0 Å². The number of rotatable bonds is 4. The molecule has 0 bridgehead atoms. The molecular weight excluding hydrogens is 352 g/mol. The third kappa shape index (κ3) is 3.32. The summed E-state index contributed by atoms with van der Waals surface area (Å²) in [5.41, 5.74) is 3.72. The van der Waals surface area contributed by atoms with Gasteiger partial charge in [-0.3, -0.25) is 14.6 Å². The van der Waals surface area contributed by atoms with Crippen molar-refractivity contribution in [1.29, 1.82) is 0 Å². The minimum Gasteiger partial charge on any atom is -0.344 e. The number of aromatic nitrogens is 2. The Hall–Kier alpha value is -3.67. The highest BCUT2D eigenvalue weighted by molar-refractivity contribution is 6.39. The number of aryl methyl sites for hydroxylation is 1. The van der Waals surface area contributed by atoms with E-state index in [0.717, 1.165) is 33.9 Å². The Morgan fingerprint density at radius 1 is 0.929 bits per heavy atom. The zero-order chi connectivity index (χ0) is 19.5. The molecule has 0 saturated heterocycles. The van der Waals surface area contributed by atoms with Gasteiger partial charge in [0, 0.05) is 53.0 Å². The van der Waals surface area contributed by atoms with Crippen LogP contribution in [0.1, 0.15) is 12.5 Å². The molecule has 2 N–H and O–H groups in total. The monoisotopic (exact) mass is 372 g/mol. The lowest BCUT2D eigenvalue weighted by atomic mass is 10.1. The Labute approximate surface area is 162 Å². The summed E-state index contributed by atoms with van der Waals surface area (Å²) in [5, 5.41) is 7.48. The second kappa shape index (κ2) is 7.52. The van der Waals surface area contributed by atoms with E-state index in [-0.39, 0.29) is 6.54 Å². The van der Waals surface area contributed by atoms with Gasteiger partial charge in [-0.1, -0.05) is 18.2 Å². The van der Waals surface area contributed by atoms with Crippen molar-refractivity contribution in [2.75, 3.05) is 5.32 Å². The topological polar surface area (TPSA) is 76.0 Å². The number of para-hydroxylation sites is 1. The Balaban J connectivity index is 1.53. The van der Waals surface area contributed by atoms with Crippen molar-refractivity contribution in [2.24, 2.45) is 0 Å². The maximum Gasteiger partial charge on any atom is 0.313 e. The lowest BCUT2D eigenvalue weighted by molar-refractivity contribution is -0.136. The fraction of sp³-hybridized carbons (Fsp3) is 0.136. The predicted molar refractivity (Wildman–Crippen MR) is 110 cm³/mol. The zero-order valence-corrected chi connectivity index (χ0v) is 15.5. The molecule has 2 amide bonds. The molecule has 4 aromatic rings. The highest BCUT2D eigenvalue weighted by atomic mass is 16.2. The molecule has 0 aliphatic rings. The second-order valence-corrected chi connectivity index (χ2v) is 6.49. The number of nitrogens with zero attached hydrogens (tertiary/aromatic N) is 2. The standard InChI is InChI=1S/C22H20N4O2/c1-2-26-19-6-4-3-5-17(19)18-13-16(7-8-20(18)26)25-22(28)21(27)24-14-15-9-11-23-12-10-15/h3-13H,2,14H2,1H3,(H,24,27)(H,25,28). The summed E-state index contributed by atoms with van der Waals surface area (Å²) in [6.45, 7) is 3.24. The van der Waals surface area contributed by atoms with Crippen molar-refractivity contribution >= 4 is 39.3 Å². The molecule has 4 rings (SSSR count). The second-order valence-electron chi connectivity index (χ2n) is 6.49. The van der Waals surface area contributed by atoms with E-state index in [0.29, 0.717) is 5.69 Å². The molecule has 28 heavy (non-hydrogen) atoms. The van der Waals surface area contributed by atoms with E-state index in [9.17, 15) is 9.59 Å². The molecule has 0 atom stereocenters. The van der Waals surface area contributed by atoms with Crippen LogP contribution >= 0.6 is 0 Å². The van der Waals surface area contributed by atoms with Crippen molar-refractivity contribution in [3.05, 3.63) is 72.6 Å². The van der Waals surface area contributed by atoms with Crippen LogP contribution in [0.4, 0.5) is 5.69 Å². The average molecular weight is 372 g/mol. The fourth-order valence-electron chi connectivity index (χ4n) is 3.42. The van der Waals surface area contributed by atoms with Crippen LogP contribution in [0.3, 0.4) is 0 Å². The van der Waals surface area contributed by atoms with Gasteiger partial charge in [-0.05, 0) is 48.9 Å². The number of pyridine rings is 1. The highest BCUT2D eigenvalue weighted by Crippen LogP contribution is 2.30. The number of nitrogens with one attached hydrogen (secondary N) is 2. The van der Waals surface area contributed by atoms with Gasteiger partial charge in [0.1, 0.15) is 0 Å². The Morgan fingerprint density at radius 2 is 1.68 bits per heavy atom. The van der Waals surface area contributed by atoms with E-state index in [4.69, 9.17) is 0 Å². The molecule has 0 radical (unpaired) electrons. The van der Waals surface area contributed by atoms with E-state index in [2.05, 4.69) is 39.2 Å². The molecule has 0 saturated carbocycles. The molecule has 6 heteroatoms. The maximum atomic E-state index is 12.3. The van der Waals surface area contributed by atoms with Gasteiger partial charge in [0.2, 0.25) is 0 Å². The molecule has 2 aromatic carbocycles. The molecule has 0 aliphatic heterocycles. The first kappa shape index (κ1) is 17.7. The Morgan fingerprint density at radius 3 is 2.46 bits per heavy atom. The van der Waals surface area contributed by atoms with Gasteiger partial charge in [0.05, 0.1) is 0 Å². The van der Waals surface area contributed by atoms with Gasteiger partial charge in [-0.15, -0.1) is 0 Å². The number of hydrogen-bond donors (Lipinski definition) is 2. The molecule has 6 nitrogen and oxygen atoms in total. The van der Waals surface area contributed by atoms with Crippen LogP contribution in [-0.4, -0.2) is 21.4 Å². The lowest BCUT2D eigenvalue weighted by Crippen LogP contribution is -2.34. The van der Waals surface area contributed by atoms with Gasteiger partial charge >= 0.3 is 11.8 Å². The Kier molecular flexibility index (Phi) is 4.76. The van der Waals surface area contributed by atoms with E-state index in [1.54, 1.807) is 24.5 Å². The number of benzene rings is 2. The summed E-state index contributed by atoms with van der Waals surface area (Å²) in [4.78, 5) is 28.3. The number of anilines is 1. The van der Waals surface area contributed by atoms with Crippen LogP contribution in [0, 0.1) is 0 Å². The minimum atomic E-state index is -0.687. The first-order valence-corrected chi connectivity index (χ1v) is 9.16. The SMILES string of the molecule is CCn1c2ccccc2c2cc(NC(=O)C(=O)NCc3ccncc3)ccc21. The van der Waals surface area contributed by atoms with Crippen molar-refractivity contribution < 1.29 is 9.59 Å². The smallest absolute Gasteiger partial charge is 0.313 e. The molecule has 0 aliphatic carbocycles. The summed E-state index contributed by atoms with van der Waals surface area (Å²) >= 11 is 0. The number of carbonyl (C=O) groups is 2. The number of amides is 2. The molecule has 2 aromatic heterocycles. The Bertz CT molecular complexity index is 1170. The summed E-state index contributed by atoms with van der Waals surface area (Å²) in [6, 6.07) is 17.5. The van der Waals surface area contributed by atoms with Crippen LogP contribution in [-0.2, 0) is 22.7 Å². The molecule has 0 fully saturated rings. The van der Waals surface area contributed by atoms with E-state index in [1.165, 1.54) is 0 Å². The molecular formula is C22H20N4O2. The zero-order valence-electron chi connectivity index (χ0n) is 15.5. The minimum absolute atomic E-state index is 0.276. The largest absolute Gasteiger partial charge is 0.344 e. The molecule has 140 valence electrons. The van der Waals surface area contributed by atoms with Gasteiger partial charge in [0.15, 0.2) is 0 Å². The lowest BCUT2D eigenvalue weighted by Gasteiger charge is -2.07. The third-order valence-electron chi connectivity index (χ3n) is 4.76.